The lowest BCUT2D eigenvalue weighted by molar-refractivity contribution is 1.12. The van der Waals surface area contributed by atoms with Crippen LogP contribution in [-0.4, -0.2) is 20.2 Å². The summed E-state index contributed by atoms with van der Waals surface area (Å²) in [6.45, 7) is 0. The average molecular weight is 412 g/mol. The molecule has 0 aliphatic carbocycles. The third-order valence-corrected chi connectivity index (χ3v) is 5.33. The fourth-order valence-electron chi connectivity index (χ4n) is 3.60. The number of nitriles is 1. The highest BCUT2D eigenvalue weighted by atomic mass is 35.5. The lowest BCUT2D eigenvalue weighted by Crippen LogP contribution is -2.12. The summed E-state index contributed by atoms with van der Waals surface area (Å²) >= 11 is 6.48. The summed E-state index contributed by atoms with van der Waals surface area (Å²) in [6.07, 6.45) is 1.76. The Kier molecular flexibility index (Phi) is 4.31. The van der Waals surface area contributed by atoms with E-state index in [-0.39, 0.29) is 12.0 Å². The molecule has 3 heterocycles. The van der Waals surface area contributed by atoms with Crippen LogP contribution in [-0.2, 0) is 6.42 Å². The van der Waals surface area contributed by atoms with Crippen LogP contribution < -0.4 is 5.56 Å². The zero-order valence-electron chi connectivity index (χ0n) is 15.6. The molecule has 0 unspecified atom stereocenters. The molecule has 2 aromatic carbocycles. The number of fused-ring (bicyclic) bond motifs is 2. The van der Waals surface area contributed by atoms with Gasteiger partial charge in [0.1, 0.15) is 5.65 Å². The normalized spacial score (nSPS) is 11.1. The van der Waals surface area contributed by atoms with Gasteiger partial charge in [0.05, 0.1) is 34.9 Å². The second-order valence-electron chi connectivity index (χ2n) is 6.94. The third kappa shape index (κ3) is 3.02. The first-order valence-corrected chi connectivity index (χ1v) is 9.64. The minimum Gasteiger partial charge on any atom is -0.306 e. The highest BCUT2D eigenvalue weighted by Crippen LogP contribution is 2.36. The van der Waals surface area contributed by atoms with Crippen LogP contribution >= 0.6 is 11.6 Å². The average Bonchev–Trinajstić information content (AvgIpc) is 3.24. The predicted octanol–water partition coefficient (Wildman–Crippen LogP) is 4.85. The van der Waals surface area contributed by atoms with Crippen LogP contribution in [0.15, 0.2) is 65.6 Å². The van der Waals surface area contributed by atoms with Crippen LogP contribution in [0.25, 0.3) is 44.3 Å². The van der Waals surface area contributed by atoms with E-state index < -0.39 is 0 Å². The maximum Gasteiger partial charge on any atom is 0.253 e. The number of hydrogen-bond donors (Lipinski definition) is 2. The molecule has 0 aliphatic rings. The van der Waals surface area contributed by atoms with E-state index in [0.29, 0.717) is 16.2 Å². The first-order valence-electron chi connectivity index (χ1n) is 9.26. The van der Waals surface area contributed by atoms with Crippen molar-refractivity contribution in [1.29, 1.82) is 5.26 Å². The standard InChI is InChI=1S/C23H14ClN5O/c24-19-11-15(9-17-12-26-29-21(17)19)18-10-16-8-14(6-7-25)23(30)28-22(16)27-20(18)13-4-2-1-3-5-13/h1-5,8-12H,6H2,(H,26,29)(H,27,28,30). The van der Waals surface area contributed by atoms with Crippen molar-refractivity contribution in [3.63, 3.8) is 0 Å². The Hall–Kier alpha value is -3.95. The fraction of sp³-hybridized carbons (Fsp3) is 0.0435. The van der Waals surface area contributed by atoms with Crippen LogP contribution in [0.1, 0.15) is 5.56 Å². The molecule has 0 radical (unpaired) electrons. The van der Waals surface area contributed by atoms with Crippen molar-refractivity contribution in [1.82, 2.24) is 20.2 Å². The molecule has 5 aromatic rings. The topological polar surface area (TPSA) is 98.2 Å². The molecule has 5 rings (SSSR count). The molecule has 3 aromatic heterocycles. The van der Waals surface area contributed by atoms with Crippen molar-refractivity contribution in [3.8, 4) is 28.5 Å². The highest BCUT2D eigenvalue weighted by Gasteiger charge is 2.15. The van der Waals surface area contributed by atoms with Gasteiger partial charge in [-0.3, -0.25) is 9.89 Å². The summed E-state index contributed by atoms with van der Waals surface area (Å²) in [5.74, 6) is 0. The summed E-state index contributed by atoms with van der Waals surface area (Å²) in [4.78, 5) is 19.9. The molecular formula is C23H14ClN5O. The minimum atomic E-state index is -0.300. The Morgan fingerprint density at radius 2 is 1.87 bits per heavy atom. The Morgan fingerprint density at radius 1 is 1.03 bits per heavy atom. The van der Waals surface area contributed by atoms with E-state index in [1.54, 1.807) is 12.3 Å². The number of aromatic amines is 2. The lowest BCUT2D eigenvalue weighted by Gasteiger charge is -2.12. The van der Waals surface area contributed by atoms with Gasteiger partial charge in [-0.15, -0.1) is 0 Å². The van der Waals surface area contributed by atoms with E-state index in [9.17, 15) is 4.79 Å². The molecule has 6 nitrogen and oxygen atoms in total. The third-order valence-electron chi connectivity index (χ3n) is 5.03. The molecule has 0 bridgehead atoms. The highest BCUT2D eigenvalue weighted by molar-refractivity contribution is 6.35. The second-order valence-corrected chi connectivity index (χ2v) is 7.35. The van der Waals surface area contributed by atoms with Crippen molar-refractivity contribution in [2.45, 2.75) is 6.42 Å². The maximum absolute atomic E-state index is 12.3. The zero-order valence-corrected chi connectivity index (χ0v) is 16.4. The van der Waals surface area contributed by atoms with Gasteiger partial charge in [0, 0.05) is 27.5 Å². The predicted molar refractivity (Wildman–Crippen MR) is 117 cm³/mol. The maximum atomic E-state index is 12.3. The number of halogens is 1. The Bertz CT molecular complexity index is 1510. The van der Waals surface area contributed by atoms with Crippen LogP contribution in [0.4, 0.5) is 0 Å². The number of pyridine rings is 2. The van der Waals surface area contributed by atoms with Gasteiger partial charge < -0.3 is 4.98 Å². The summed E-state index contributed by atoms with van der Waals surface area (Å²) in [5, 5.41) is 18.2. The van der Waals surface area contributed by atoms with E-state index in [2.05, 4.69) is 15.2 Å². The van der Waals surface area contributed by atoms with Gasteiger partial charge in [0.15, 0.2) is 0 Å². The molecule has 0 saturated heterocycles. The summed E-state index contributed by atoms with van der Waals surface area (Å²) < 4.78 is 0. The number of benzene rings is 2. The van der Waals surface area contributed by atoms with Gasteiger partial charge in [-0.25, -0.2) is 4.98 Å². The van der Waals surface area contributed by atoms with Crippen molar-refractivity contribution in [2.75, 3.05) is 0 Å². The van der Waals surface area contributed by atoms with Crippen LogP contribution in [0, 0.1) is 11.3 Å². The lowest BCUT2D eigenvalue weighted by atomic mass is 9.97. The minimum absolute atomic E-state index is 0.0356. The SMILES string of the molecule is N#CCc1cc2cc(-c3cc(Cl)c4[nH]ncc4c3)c(-c3ccccc3)nc2[nH]c1=O. The fourth-order valence-corrected chi connectivity index (χ4v) is 3.87. The Labute approximate surface area is 175 Å². The van der Waals surface area contributed by atoms with Crippen molar-refractivity contribution in [3.05, 3.63) is 81.7 Å². The number of aromatic nitrogens is 4. The van der Waals surface area contributed by atoms with Crippen LogP contribution in [0.2, 0.25) is 5.02 Å². The first kappa shape index (κ1) is 18.1. The zero-order chi connectivity index (χ0) is 20.7. The van der Waals surface area contributed by atoms with Crippen LogP contribution in [0.5, 0.6) is 0 Å². The van der Waals surface area contributed by atoms with Crippen molar-refractivity contribution < 1.29 is 0 Å². The second kappa shape index (κ2) is 7.14. The number of rotatable bonds is 3. The summed E-state index contributed by atoms with van der Waals surface area (Å²) in [6, 6.07) is 19.4. The number of nitrogens with zero attached hydrogens (tertiary/aromatic N) is 3. The molecule has 0 fully saturated rings. The van der Waals surface area contributed by atoms with Crippen molar-refractivity contribution >= 4 is 33.5 Å². The van der Waals surface area contributed by atoms with E-state index in [1.165, 1.54) is 0 Å². The molecule has 0 saturated carbocycles. The Balaban J connectivity index is 1.84. The van der Waals surface area contributed by atoms with Gasteiger partial charge in [-0.1, -0.05) is 41.9 Å². The molecule has 0 spiro atoms. The Morgan fingerprint density at radius 3 is 2.67 bits per heavy atom. The summed E-state index contributed by atoms with van der Waals surface area (Å²) in [7, 11) is 0. The molecule has 144 valence electrons. The van der Waals surface area contributed by atoms with Gasteiger partial charge >= 0.3 is 0 Å². The molecule has 0 atom stereocenters. The van der Waals surface area contributed by atoms with Crippen molar-refractivity contribution in [2.24, 2.45) is 0 Å². The monoisotopic (exact) mass is 411 g/mol. The largest absolute Gasteiger partial charge is 0.306 e. The van der Waals surface area contributed by atoms with Gasteiger partial charge in [0.25, 0.3) is 5.56 Å². The molecule has 30 heavy (non-hydrogen) atoms. The van der Waals surface area contributed by atoms with Gasteiger partial charge in [-0.05, 0) is 29.8 Å². The molecular weight excluding hydrogens is 398 g/mol. The smallest absolute Gasteiger partial charge is 0.253 e. The van der Waals surface area contributed by atoms with E-state index in [1.807, 2.05) is 54.6 Å². The van der Waals surface area contributed by atoms with Crippen LogP contribution in [0.3, 0.4) is 0 Å². The summed E-state index contributed by atoms with van der Waals surface area (Å²) in [5.41, 5.74) is 4.75. The van der Waals surface area contributed by atoms with E-state index in [4.69, 9.17) is 21.8 Å². The van der Waals surface area contributed by atoms with Gasteiger partial charge in [-0.2, -0.15) is 10.4 Å². The molecule has 0 aliphatic heterocycles. The first-order chi connectivity index (χ1) is 14.6. The number of hydrogen-bond acceptors (Lipinski definition) is 4. The molecule has 0 amide bonds. The van der Waals surface area contributed by atoms with E-state index >= 15 is 0 Å². The number of nitrogens with one attached hydrogen (secondary N) is 2. The molecule has 7 heteroatoms. The quantitative estimate of drug-likeness (QED) is 0.443. The molecule has 2 N–H and O–H groups in total. The van der Waals surface area contributed by atoms with Gasteiger partial charge in [0.2, 0.25) is 0 Å². The van der Waals surface area contributed by atoms with E-state index in [0.717, 1.165) is 38.7 Å². The number of H-pyrrole nitrogens is 2.